The summed E-state index contributed by atoms with van der Waals surface area (Å²) in [7, 11) is 0. The Morgan fingerprint density at radius 1 is 1.44 bits per heavy atom. The summed E-state index contributed by atoms with van der Waals surface area (Å²) in [6.45, 7) is 11.1. The molecule has 0 aromatic heterocycles. The molecule has 2 amide bonds. The van der Waals surface area contributed by atoms with Crippen LogP contribution in [0.15, 0.2) is 0 Å². The summed E-state index contributed by atoms with van der Waals surface area (Å²) < 4.78 is 0. The lowest BCUT2D eigenvalue weighted by Crippen LogP contribution is -2.63. The van der Waals surface area contributed by atoms with Crippen LogP contribution in [0.1, 0.15) is 27.7 Å². The van der Waals surface area contributed by atoms with Crippen LogP contribution in [0.25, 0.3) is 0 Å². The van der Waals surface area contributed by atoms with Crippen molar-refractivity contribution in [3.63, 3.8) is 0 Å². The minimum absolute atomic E-state index is 0.0187. The highest BCUT2D eigenvalue weighted by molar-refractivity contribution is 5.75. The number of carbonyl (C=O) groups is 1. The lowest BCUT2D eigenvalue weighted by Gasteiger charge is -2.42. The monoisotopic (exact) mass is 257 g/mol. The Hall–Kier alpha value is -0.810. The van der Waals surface area contributed by atoms with Crippen LogP contribution in [0, 0.1) is 5.92 Å². The molecule has 18 heavy (non-hydrogen) atoms. The number of nitrogens with zero attached hydrogens (tertiary/aromatic N) is 2. The van der Waals surface area contributed by atoms with Gasteiger partial charge in [-0.25, -0.2) is 4.79 Å². The Bertz CT molecular complexity index is 267. The zero-order chi connectivity index (χ0) is 13.7. The average molecular weight is 257 g/mol. The molecule has 2 unspecified atom stereocenters. The number of carbonyl (C=O) groups excluding carboxylic acids is 1. The first-order valence-corrected chi connectivity index (χ1v) is 6.94. The van der Waals surface area contributed by atoms with Gasteiger partial charge in [0.25, 0.3) is 0 Å². The molecule has 1 fully saturated rings. The summed E-state index contributed by atoms with van der Waals surface area (Å²) in [6, 6.07) is 0.256. The lowest BCUT2D eigenvalue weighted by molar-refractivity contribution is 0.0728. The van der Waals surface area contributed by atoms with E-state index in [0.717, 1.165) is 0 Å². The molecule has 1 heterocycles. The summed E-state index contributed by atoms with van der Waals surface area (Å²) >= 11 is 0. The third-order valence-electron chi connectivity index (χ3n) is 3.74. The fourth-order valence-electron chi connectivity index (χ4n) is 2.34. The second kappa shape index (κ2) is 6.95. The maximum atomic E-state index is 12.4. The molecule has 5 nitrogen and oxygen atoms in total. The number of rotatable bonds is 4. The Kier molecular flexibility index (Phi) is 5.88. The largest absolute Gasteiger partial charge is 0.394 e. The highest BCUT2D eigenvalue weighted by Gasteiger charge is 2.33. The van der Waals surface area contributed by atoms with Crippen LogP contribution in [0.4, 0.5) is 4.79 Å². The predicted octanol–water partition coefficient (Wildman–Crippen LogP) is 0.739. The van der Waals surface area contributed by atoms with E-state index >= 15 is 0 Å². The molecular weight excluding hydrogens is 230 g/mol. The quantitative estimate of drug-likeness (QED) is 0.781. The minimum Gasteiger partial charge on any atom is -0.394 e. The number of hydrogen-bond acceptors (Lipinski definition) is 3. The van der Waals surface area contributed by atoms with Crippen molar-refractivity contribution in [3.05, 3.63) is 0 Å². The first-order valence-electron chi connectivity index (χ1n) is 6.94. The number of hydrogen-bond donors (Lipinski definition) is 2. The first-order chi connectivity index (χ1) is 8.54. The zero-order valence-corrected chi connectivity index (χ0v) is 12.0. The molecule has 106 valence electrons. The van der Waals surface area contributed by atoms with E-state index in [0.29, 0.717) is 38.1 Å². The van der Waals surface area contributed by atoms with Crippen molar-refractivity contribution < 1.29 is 9.90 Å². The molecule has 0 aliphatic carbocycles. The Labute approximate surface area is 110 Å². The maximum absolute atomic E-state index is 12.4. The van der Waals surface area contributed by atoms with E-state index < -0.39 is 0 Å². The Balaban J connectivity index is 2.76. The van der Waals surface area contributed by atoms with Gasteiger partial charge in [0.15, 0.2) is 0 Å². The third kappa shape index (κ3) is 3.36. The molecule has 2 atom stereocenters. The van der Waals surface area contributed by atoms with E-state index in [2.05, 4.69) is 19.2 Å². The Morgan fingerprint density at radius 3 is 2.50 bits per heavy atom. The second-order valence-corrected chi connectivity index (χ2v) is 5.20. The fraction of sp³-hybridized carbons (Fsp3) is 0.923. The van der Waals surface area contributed by atoms with Gasteiger partial charge in [-0.05, 0) is 19.8 Å². The molecule has 1 aliphatic heterocycles. The fourth-order valence-corrected chi connectivity index (χ4v) is 2.34. The van der Waals surface area contributed by atoms with Crippen molar-refractivity contribution >= 4 is 6.03 Å². The van der Waals surface area contributed by atoms with Gasteiger partial charge in [-0.3, -0.25) is 0 Å². The summed E-state index contributed by atoms with van der Waals surface area (Å²) in [5, 5.41) is 12.8. The normalized spacial score (nSPS) is 24.4. The SMILES string of the molecule is CCN(CC)C(=O)N1CC(C(C)C)NCC1CO. The first kappa shape index (κ1) is 15.2. The smallest absolute Gasteiger partial charge is 0.320 e. The van der Waals surface area contributed by atoms with Crippen molar-refractivity contribution in [1.82, 2.24) is 15.1 Å². The van der Waals surface area contributed by atoms with Crippen molar-refractivity contribution in [2.45, 2.75) is 39.8 Å². The standard InChI is InChI=1S/C13H27N3O2/c1-5-15(6-2)13(18)16-8-12(10(3)4)14-7-11(16)9-17/h10-12,14,17H,5-9H2,1-4H3. The topological polar surface area (TPSA) is 55.8 Å². The highest BCUT2D eigenvalue weighted by atomic mass is 16.3. The van der Waals surface area contributed by atoms with Gasteiger partial charge in [-0.2, -0.15) is 0 Å². The second-order valence-electron chi connectivity index (χ2n) is 5.20. The molecule has 5 heteroatoms. The molecule has 1 aliphatic rings. The highest BCUT2D eigenvalue weighted by Crippen LogP contribution is 2.14. The van der Waals surface area contributed by atoms with Crippen molar-refractivity contribution in [2.24, 2.45) is 5.92 Å². The molecule has 2 N–H and O–H groups in total. The molecule has 0 radical (unpaired) electrons. The summed E-state index contributed by atoms with van der Waals surface area (Å²) in [4.78, 5) is 16.0. The lowest BCUT2D eigenvalue weighted by atomic mass is 10.00. The molecule has 0 aromatic carbocycles. The summed E-state index contributed by atoms with van der Waals surface area (Å²) in [6.07, 6.45) is 0. The van der Waals surface area contributed by atoms with Gasteiger partial charge >= 0.3 is 6.03 Å². The van der Waals surface area contributed by atoms with Gasteiger partial charge in [0.05, 0.1) is 12.6 Å². The van der Waals surface area contributed by atoms with Crippen LogP contribution in [-0.2, 0) is 0 Å². The van der Waals surface area contributed by atoms with Gasteiger partial charge in [0.2, 0.25) is 0 Å². The molecule has 1 saturated heterocycles. The van der Waals surface area contributed by atoms with Gasteiger partial charge in [0, 0.05) is 32.2 Å². The number of urea groups is 1. The molecule has 0 aromatic rings. The average Bonchev–Trinajstić information content (AvgIpc) is 2.39. The number of piperazine rings is 1. The van der Waals surface area contributed by atoms with Crippen LogP contribution in [0.5, 0.6) is 0 Å². The maximum Gasteiger partial charge on any atom is 0.320 e. The number of amides is 2. The molecular formula is C13H27N3O2. The van der Waals surface area contributed by atoms with Crippen LogP contribution >= 0.6 is 0 Å². The van der Waals surface area contributed by atoms with Crippen molar-refractivity contribution in [3.8, 4) is 0 Å². The minimum atomic E-state index is -0.104. The summed E-state index contributed by atoms with van der Waals surface area (Å²) in [5.74, 6) is 0.483. The van der Waals surface area contributed by atoms with Crippen LogP contribution in [0.3, 0.4) is 0 Å². The zero-order valence-electron chi connectivity index (χ0n) is 12.0. The van der Waals surface area contributed by atoms with E-state index in [1.165, 1.54) is 0 Å². The van der Waals surface area contributed by atoms with E-state index in [9.17, 15) is 9.90 Å². The Morgan fingerprint density at radius 2 is 2.06 bits per heavy atom. The van der Waals surface area contributed by atoms with Crippen molar-refractivity contribution in [1.29, 1.82) is 0 Å². The molecule has 0 spiro atoms. The van der Waals surface area contributed by atoms with Gasteiger partial charge < -0.3 is 20.2 Å². The van der Waals surface area contributed by atoms with Gasteiger partial charge in [0.1, 0.15) is 0 Å². The number of aliphatic hydroxyl groups is 1. The van der Waals surface area contributed by atoms with Crippen LogP contribution < -0.4 is 5.32 Å². The van der Waals surface area contributed by atoms with Crippen LogP contribution in [0.2, 0.25) is 0 Å². The molecule has 0 saturated carbocycles. The van der Waals surface area contributed by atoms with Gasteiger partial charge in [-0.15, -0.1) is 0 Å². The van der Waals surface area contributed by atoms with Crippen molar-refractivity contribution in [2.75, 3.05) is 32.8 Å². The number of aliphatic hydroxyl groups excluding tert-OH is 1. The van der Waals surface area contributed by atoms with E-state index in [-0.39, 0.29) is 18.7 Å². The van der Waals surface area contributed by atoms with Gasteiger partial charge in [-0.1, -0.05) is 13.8 Å². The third-order valence-corrected chi connectivity index (χ3v) is 3.74. The predicted molar refractivity (Wildman–Crippen MR) is 72.5 cm³/mol. The van der Waals surface area contributed by atoms with E-state index in [1.54, 1.807) is 0 Å². The van der Waals surface area contributed by atoms with E-state index in [4.69, 9.17) is 0 Å². The summed E-state index contributed by atoms with van der Waals surface area (Å²) in [5.41, 5.74) is 0. The van der Waals surface area contributed by atoms with E-state index in [1.807, 2.05) is 23.6 Å². The molecule has 1 rings (SSSR count). The van der Waals surface area contributed by atoms with Crippen LogP contribution in [-0.4, -0.2) is 65.8 Å². The number of nitrogens with one attached hydrogen (secondary N) is 1. The molecule has 0 bridgehead atoms.